The van der Waals surface area contributed by atoms with E-state index in [1.54, 1.807) is 26.2 Å². The van der Waals surface area contributed by atoms with Crippen LogP contribution in [0.15, 0.2) is 77.0 Å². The van der Waals surface area contributed by atoms with Crippen molar-refractivity contribution in [2.45, 2.75) is 26.8 Å². The van der Waals surface area contributed by atoms with Gasteiger partial charge in [0, 0.05) is 11.3 Å². The number of benzene rings is 3. The summed E-state index contributed by atoms with van der Waals surface area (Å²) >= 11 is 0. The first-order valence-corrected chi connectivity index (χ1v) is 11.5. The Balaban J connectivity index is 1.67. The van der Waals surface area contributed by atoms with Crippen molar-refractivity contribution in [3.8, 4) is 17.1 Å². The molecule has 36 heavy (non-hydrogen) atoms. The molecule has 5 rings (SSSR count). The first kappa shape index (κ1) is 23.3. The van der Waals surface area contributed by atoms with Gasteiger partial charge in [-0.05, 0) is 68.3 Å². The summed E-state index contributed by atoms with van der Waals surface area (Å²) in [6.07, 6.45) is 0. The SMILES string of the molecule is COc1cccc(C2NC(=O)N(c3ccc(F)c(C)c3)C(C)=C2c2nc(-c3cccc(C)c3)no2)c1. The molecular formula is C28H25FN4O3. The lowest BCUT2D eigenvalue weighted by atomic mass is 9.94. The zero-order valence-electron chi connectivity index (χ0n) is 20.4. The molecule has 1 unspecified atom stereocenters. The molecule has 1 atom stereocenters. The molecule has 0 fully saturated rings. The Labute approximate surface area is 208 Å². The predicted molar refractivity (Wildman–Crippen MR) is 135 cm³/mol. The molecular weight excluding hydrogens is 459 g/mol. The van der Waals surface area contributed by atoms with Gasteiger partial charge in [0.2, 0.25) is 5.82 Å². The number of aromatic nitrogens is 2. The van der Waals surface area contributed by atoms with E-state index in [2.05, 4.69) is 10.5 Å². The largest absolute Gasteiger partial charge is 0.497 e. The van der Waals surface area contributed by atoms with Gasteiger partial charge in [-0.3, -0.25) is 4.90 Å². The molecule has 182 valence electrons. The number of halogens is 1. The third kappa shape index (κ3) is 4.22. The van der Waals surface area contributed by atoms with Gasteiger partial charge in [-0.2, -0.15) is 4.98 Å². The number of carbonyl (C=O) groups excluding carboxylic acids is 1. The Morgan fingerprint density at radius 2 is 1.83 bits per heavy atom. The lowest BCUT2D eigenvalue weighted by Gasteiger charge is -2.35. The van der Waals surface area contributed by atoms with E-state index in [1.807, 2.05) is 62.4 Å². The second-order valence-electron chi connectivity index (χ2n) is 8.72. The van der Waals surface area contributed by atoms with Crippen molar-refractivity contribution in [3.05, 3.63) is 101 Å². The Bertz CT molecular complexity index is 1490. The molecule has 2 amide bonds. The van der Waals surface area contributed by atoms with Crippen LogP contribution in [-0.2, 0) is 0 Å². The fourth-order valence-electron chi connectivity index (χ4n) is 4.40. The normalized spacial score (nSPS) is 15.8. The Hall–Kier alpha value is -4.46. The maximum atomic E-state index is 14.0. The van der Waals surface area contributed by atoms with Crippen LogP contribution in [0.4, 0.5) is 14.9 Å². The van der Waals surface area contributed by atoms with Crippen molar-refractivity contribution in [1.29, 1.82) is 0 Å². The number of nitrogens with zero attached hydrogens (tertiary/aromatic N) is 3. The summed E-state index contributed by atoms with van der Waals surface area (Å²) in [4.78, 5) is 19.6. The molecule has 0 aliphatic carbocycles. The highest BCUT2D eigenvalue weighted by Gasteiger charge is 2.36. The fraction of sp³-hybridized carbons (Fsp3) is 0.179. The number of methoxy groups -OCH3 is 1. The van der Waals surface area contributed by atoms with E-state index in [0.717, 1.165) is 16.7 Å². The number of rotatable bonds is 5. The molecule has 0 bridgehead atoms. The first-order chi connectivity index (χ1) is 17.4. The van der Waals surface area contributed by atoms with Gasteiger partial charge in [0.05, 0.1) is 24.4 Å². The summed E-state index contributed by atoms with van der Waals surface area (Å²) in [5, 5.41) is 7.27. The molecule has 0 spiro atoms. The number of allylic oxidation sites excluding steroid dienone is 1. The number of nitrogens with one attached hydrogen (secondary N) is 1. The summed E-state index contributed by atoms with van der Waals surface area (Å²) in [6, 6.07) is 18.9. The number of urea groups is 1. The Morgan fingerprint density at radius 1 is 1.03 bits per heavy atom. The molecule has 0 radical (unpaired) electrons. The van der Waals surface area contributed by atoms with Gasteiger partial charge in [0.1, 0.15) is 11.6 Å². The summed E-state index contributed by atoms with van der Waals surface area (Å²) in [6.45, 7) is 5.47. The van der Waals surface area contributed by atoms with Crippen LogP contribution in [0.2, 0.25) is 0 Å². The second kappa shape index (κ2) is 9.30. The molecule has 0 saturated heterocycles. The van der Waals surface area contributed by atoms with Crippen LogP contribution in [0.25, 0.3) is 17.0 Å². The minimum absolute atomic E-state index is 0.278. The smallest absolute Gasteiger partial charge is 0.326 e. The van der Waals surface area contributed by atoms with E-state index >= 15 is 0 Å². The first-order valence-electron chi connectivity index (χ1n) is 11.5. The molecule has 7 nitrogen and oxygen atoms in total. The number of aryl methyl sites for hydroxylation is 2. The van der Waals surface area contributed by atoms with E-state index in [0.29, 0.717) is 34.1 Å². The van der Waals surface area contributed by atoms with Gasteiger partial charge >= 0.3 is 6.03 Å². The van der Waals surface area contributed by atoms with Crippen molar-refractivity contribution in [1.82, 2.24) is 15.5 Å². The molecule has 3 aromatic carbocycles. The van der Waals surface area contributed by atoms with Crippen molar-refractivity contribution < 1.29 is 18.4 Å². The highest BCUT2D eigenvalue weighted by atomic mass is 19.1. The van der Waals surface area contributed by atoms with Crippen molar-refractivity contribution in [2.75, 3.05) is 12.0 Å². The van der Waals surface area contributed by atoms with Crippen LogP contribution in [0.1, 0.15) is 35.5 Å². The van der Waals surface area contributed by atoms with Gasteiger partial charge in [0.15, 0.2) is 0 Å². The lowest BCUT2D eigenvalue weighted by Crippen LogP contribution is -2.46. The van der Waals surface area contributed by atoms with E-state index in [1.165, 1.54) is 11.0 Å². The molecule has 4 aromatic rings. The summed E-state index contributed by atoms with van der Waals surface area (Å²) in [5.41, 5.74) is 4.89. The van der Waals surface area contributed by atoms with E-state index in [9.17, 15) is 9.18 Å². The van der Waals surface area contributed by atoms with Crippen LogP contribution >= 0.6 is 0 Å². The Morgan fingerprint density at radius 3 is 2.58 bits per heavy atom. The maximum absolute atomic E-state index is 14.0. The third-order valence-corrected chi connectivity index (χ3v) is 6.24. The lowest BCUT2D eigenvalue weighted by molar-refractivity contribution is 0.244. The summed E-state index contributed by atoms with van der Waals surface area (Å²) in [7, 11) is 1.59. The van der Waals surface area contributed by atoms with E-state index in [-0.39, 0.29) is 17.7 Å². The fourth-order valence-corrected chi connectivity index (χ4v) is 4.40. The van der Waals surface area contributed by atoms with Crippen LogP contribution in [-0.4, -0.2) is 23.3 Å². The van der Waals surface area contributed by atoms with Gasteiger partial charge in [-0.25, -0.2) is 9.18 Å². The standard InChI is InChI=1S/C28H25FN4O3/c1-16-7-5-9-20(13-16)26-31-27(36-32-26)24-18(3)33(21-11-12-23(29)17(2)14-21)28(34)30-25(24)19-8-6-10-22(15-19)35-4/h5-15,25H,1-4H3,(H,30,34). The highest BCUT2D eigenvalue weighted by molar-refractivity contribution is 6.01. The number of ether oxygens (including phenoxy) is 1. The summed E-state index contributed by atoms with van der Waals surface area (Å²) in [5.74, 6) is 1.04. The molecule has 1 N–H and O–H groups in total. The minimum Gasteiger partial charge on any atom is -0.497 e. The maximum Gasteiger partial charge on any atom is 0.326 e. The minimum atomic E-state index is -0.573. The van der Waals surface area contributed by atoms with Crippen molar-refractivity contribution >= 4 is 17.3 Å². The molecule has 0 saturated carbocycles. The number of anilines is 1. The molecule has 1 aliphatic rings. The highest BCUT2D eigenvalue weighted by Crippen LogP contribution is 2.40. The predicted octanol–water partition coefficient (Wildman–Crippen LogP) is 6.20. The average Bonchev–Trinajstić information content (AvgIpc) is 3.35. The van der Waals surface area contributed by atoms with E-state index in [4.69, 9.17) is 14.2 Å². The number of carbonyl (C=O) groups is 1. The van der Waals surface area contributed by atoms with Crippen LogP contribution in [0.5, 0.6) is 5.75 Å². The van der Waals surface area contributed by atoms with Crippen molar-refractivity contribution in [3.63, 3.8) is 0 Å². The third-order valence-electron chi connectivity index (χ3n) is 6.24. The topological polar surface area (TPSA) is 80.5 Å². The number of hydrogen-bond donors (Lipinski definition) is 1. The molecule has 2 heterocycles. The van der Waals surface area contributed by atoms with Crippen LogP contribution < -0.4 is 15.0 Å². The van der Waals surface area contributed by atoms with Gasteiger partial charge < -0.3 is 14.6 Å². The summed E-state index contributed by atoms with van der Waals surface area (Å²) < 4.78 is 25.1. The Kier molecular flexibility index (Phi) is 6.01. The molecule has 1 aromatic heterocycles. The monoisotopic (exact) mass is 484 g/mol. The van der Waals surface area contributed by atoms with Crippen molar-refractivity contribution in [2.24, 2.45) is 0 Å². The molecule has 1 aliphatic heterocycles. The number of hydrogen-bond acceptors (Lipinski definition) is 5. The molecule has 8 heteroatoms. The van der Waals surface area contributed by atoms with Gasteiger partial charge in [-0.1, -0.05) is 41.1 Å². The van der Waals surface area contributed by atoms with Gasteiger partial charge in [0.25, 0.3) is 5.89 Å². The second-order valence-corrected chi connectivity index (χ2v) is 8.72. The van der Waals surface area contributed by atoms with Crippen LogP contribution in [0, 0.1) is 19.7 Å². The van der Waals surface area contributed by atoms with Gasteiger partial charge in [-0.15, -0.1) is 0 Å². The van der Waals surface area contributed by atoms with Crippen LogP contribution in [0.3, 0.4) is 0 Å². The quantitative estimate of drug-likeness (QED) is 0.365. The number of amides is 2. The van der Waals surface area contributed by atoms with E-state index < -0.39 is 6.04 Å². The zero-order valence-corrected chi connectivity index (χ0v) is 20.4. The zero-order chi connectivity index (χ0) is 25.4. The average molecular weight is 485 g/mol.